The Morgan fingerprint density at radius 2 is 1.70 bits per heavy atom. The van der Waals surface area contributed by atoms with Gasteiger partial charge in [0.25, 0.3) is 0 Å². The number of fused-ring (bicyclic) bond motifs is 5. The Morgan fingerprint density at radius 3 is 2.55 bits per heavy atom. The monoisotopic (exact) mass is 261 g/mol. The van der Waals surface area contributed by atoms with Gasteiger partial charge in [0.05, 0.1) is 5.52 Å². The van der Waals surface area contributed by atoms with Gasteiger partial charge in [-0.05, 0) is 23.8 Å². The highest BCUT2D eigenvalue weighted by atomic mass is 16.5. The SMILES string of the molecule is C=C1Oc2c(ccc3[nH]c(=O)ccc23)-c2ccccc21. The van der Waals surface area contributed by atoms with Gasteiger partial charge in [-0.1, -0.05) is 30.8 Å². The predicted molar refractivity (Wildman–Crippen MR) is 79.7 cm³/mol. The molecular formula is C17H11NO2. The number of nitrogens with one attached hydrogen (secondary N) is 1. The largest absolute Gasteiger partial charge is 0.456 e. The topological polar surface area (TPSA) is 42.1 Å². The molecule has 2 heterocycles. The molecule has 3 heteroatoms. The van der Waals surface area contributed by atoms with E-state index in [2.05, 4.69) is 17.6 Å². The number of hydrogen-bond donors (Lipinski definition) is 1. The molecule has 0 fully saturated rings. The van der Waals surface area contributed by atoms with E-state index < -0.39 is 0 Å². The molecule has 0 atom stereocenters. The molecule has 0 saturated carbocycles. The lowest BCUT2D eigenvalue weighted by Crippen LogP contribution is -2.07. The van der Waals surface area contributed by atoms with Gasteiger partial charge in [-0.3, -0.25) is 4.79 Å². The third-order valence-electron chi connectivity index (χ3n) is 3.60. The van der Waals surface area contributed by atoms with Crippen LogP contribution in [-0.4, -0.2) is 4.98 Å². The Hall–Kier alpha value is -2.81. The standard InChI is InChI=1S/C17H11NO2/c1-10-11-4-2-3-5-12(11)13-6-8-15-14(17(13)20-10)7-9-16(19)18-15/h2-9H,1H2,(H,18,19). The van der Waals surface area contributed by atoms with E-state index in [0.29, 0.717) is 5.76 Å². The maximum Gasteiger partial charge on any atom is 0.248 e. The van der Waals surface area contributed by atoms with Gasteiger partial charge in [0.2, 0.25) is 5.56 Å². The van der Waals surface area contributed by atoms with E-state index in [1.54, 1.807) is 6.07 Å². The van der Waals surface area contributed by atoms with E-state index in [1.165, 1.54) is 6.07 Å². The summed E-state index contributed by atoms with van der Waals surface area (Å²) in [6.07, 6.45) is 0. The quantitative estimate of drug-likeness (QED) is 0.672. The van der Waals surface area contributed by atoms with Crippen LogP contribution in [0.5, 0.6) is 5.75 Å². The average Bonchev–Trinajstić information content (AvgIpc) is 2.47. The molecule has 0 bridgehead atoms. The molecule has 1 aromatic heterocycles. The zero-order valence-corrected chi connectivity index (χ0v) is 10.6. The van der Waals surface area contributed by atoms with Crippen LogP contribution in [0.15, 0.2) is 59.9 Å². The normalized spacial score (nSPS) is 12.7. The van der Waals surface area contributed by atoms with Crippen molar-refractivity contribution in [2.45, 2.75) is 0 Å². The van der Waals surface area contributed by atoms with Gasteiger partial charge >= 0.3 is 0 Å². The summed E-state index contributed by atoms with van der Waals surface area (Å²) < 4.78 is 5.89. The molecule has 4 rings (SSSR count). The Bertz CT molecular complexity index is 922. The Labute approximate surface area is 115 Å². The lowest BCUT2D eigenvalue weighted by atomic mass is 9.94. The Kier molecular flexibility index (Phi) is 2.12. The lowest BCUT2D eigenvalue weighted by Gasteiger charge is -2.23. The van der Waals surface area contributed by atoms with Crippen molar-refractivity contribution in [3.63, 3.8) is 0 Å². The molecule has 2 aromatic carbocycles. The minimum Gasteiger partial charge on any atom is -0.456 e. The molecule has 0 radical (unpaired) electrons. The molecule has 20 heavy (non-hydrogen) atoms. The second kappa shape index (κ2) is 3.84. The molecule has 0 saturated heterocycles. The minimum atomic E-state index is -0.118. The van der Waals surface area contributed by atoms with Crippen LogP contribution < -0.4 is 10.3 Å². The van der Waals surface area contributed by atoms with Crippen LogP contribution >= 0.6 is 0 Å². The third-order valence-corrected chi connectivity index (χ3v) is 3.60. The molecule has 0 spiro atoms. The van der Waals surface area contributed by atoms with E-state index in [1.807, 2.05) is 30.3 Å². The molecule has 3 nitrogen and oxygen atoms in total. The molecule has 0 aliphatic carbocycles. The van der Waals surface area contributed by atoms with Crippen molar-refractivity contribution in [2.24, 2.45) is 0 Å². The van der Waals surface area contributed by atoms with Crippen molar-refractivity contribution in [3.05, 3.63) is 71.0 Å². The highest BCUT2D eigenvalue weighted by Gasteiger charge is 2.21. The van der Waals surface area contributed by atoms with Crippen LogP contribution in [0.25, 0.3) is 27.8 Å². The maximum atomic E-state index is 11.4. The summed E-state index contributed by atoms with van der Waals surface area (Å²) in [6, 6.07) is 15.2. The molecule has 0 amide bonds. The second-order valence-corrected chi connectivity index (χ2v) is 4.80. The minimum absolute atomic E-state index is 0.118. The van der Waals surface area contributed by atoms with Gasteiger partial charge in [0.15, 0.2) is 0 Å². The fourth-order valence-corrected chi connectivity index (χ4v) is 2.67. The van der Waals surface area contributed by atoms with Gasteiger partial charge in [-0.25, -0.2) is 0 Å². The molecule has 1 aliphatic rings. The summed E-state index contributed by atoms with van der Waals surface area (Å²) in [5.74, 6) is 1.38. The number of ether oxygens (including phenoxy) is 1. The van der Waals surface area contributed by atoms with Crippen molar-refractivity contribution in [2.75, 3.05) is 0 Å². The Balaban J connectivity index is 2.12. The summed E-state index contributed by atoms with van der Waals surface area (Å²) in [6.45, 7) is 3.98. The summed E-state index contributed by atoms with van der Waals surface area (Å²) in [5.41, 5.74) is 3.78. The fraction of sp³-hybridized carbons (Fsp3) is 0. The summed E-state index contributed by atoms with van der Waals surface area (Å²) in [5, 5.41) is 0.887. The molecule has 1 aliphatic heterocycles. The highest BCUT2D eigenvalue weighted by Crippen LogP contribution is 2.44. The summed E-state index contributed by atoms with van der Waals surface area (Å²) in [4.78, 5) is 14.2. The van der Waals surface area contributed by atoms with Crippen molar-refractivity contribution in [1.29, 1.82) is 0 Å². The van der Waals surface area contributed by atoms with E-state index in [4.69, 9.17) is 4.74 Å². The number of H-pyrrole nitrogens is 1. The smallest absolute Gasteiger partial charge is 0.248 e. The first-order valence-corrected chi connectivity index (χ1v) is 6.36. The summed E-state index contributed by atoms with van der Waals surface area (Å²) >= 11 is 0. The third kappa shape index (κ3) is 1.43. The van der Waals surface area contributed by atoms with Gasteiger partial charge < -0.3 is 9.72 Å². The van der Waals surface area contributed by atoms with Gasteiger partial charge in [0, 0.05) is 22.6 Å². The zero-order chi connectivity index (χ0) is 13.7. The van der Waals surface area contributed by atoms with Crippen LogP contribution in [0.2, 0.25) is 0 Å². The van der Waals surface area contributed by atoms with Gasteiger partial charge in [-0.15, -0.1) is 0 Å². The first kappa shape index (κ1) is 11.1. The molecule has 3 aromatic rings. The van der Waals surface area contributed by atoms with Gasteiger partial charge in [-0.2, -0.15) is 0 Å². The molecule has 1 N–H and O–H groups in total. The van der Waals surface area contributed by atoms with Crippen LogP contribution in [0, 0.1) is 0 Å². The van der Waals surface area contributed by atoms with Crippen LogP contribution in [0.1, 0.15) is 5.56 Å². The fourth-order valence-electron chi connectivity index (χ4n) is 2.67. The van der Waals surface area contributed by atoms with Crippen LogP contribution in [-0.2, 0) is 0 Å². The molecule has 0 unspecified atom stereocenters. The molecule has 96 valence electrons. The van der Waals surface area contributed by atoms with Crippen molar-refractivity contribution in [1.82, 2.24) is 4.98 Å². The number of aromatic nitrogens is 1. The first-order valence-electron chi connectivity index (χ1n) is 6.36. The number of pyridine rings is 1. The van der Waals surface area contributed by atoms with Crippen molar-refractivity contribution >= 4 is 16.7 Å². The predicted octanol–water partition coefficient (Wildman–Crippen LogP) is 3.56. The maximum absolute atomic E-state index is 11.4. The number of rotatable bonds is 0. The van der Waals surface area contributed by atoms with Crippen molar-refractivity contribution < 1.29 is 4.74 Å². The zero-order valence-electron chi connectivity index (χ0n) is 10.6. The lowest BCUT2D eigenvalue weighted by molar-refractivity contribution is 0.519. The second-order valence-electron chi connectivity index (χ2n) is 4.80. The number of aromatic amines is 1. The van der Waals surface area contributed by atoms with E-state index in [9.17, 15) is 4.79 Å². The van der Waals surface area contributed by atoms with Crippen molar-refractivity contribution in [3.8, 4) is 16.9 Å². The van der Waals surface area contributed by atoms with E-state index in [0.717, 1.165) is 33.3 Å². The van der Waals surface area contributed by atoms with Crippen LogP contribution in [0.3, 0.4) is 0 Å². The average molecular weight is 261 g/mol. The highest BCUT2D eigenvalue weighted by molar-refractivity contribution is 5.98. The van der Waals surface area contributed by atoms with Crippen LogP contribution in [0.4, 0.5) is 0 Å². The summed E-state index contributed by atoms with van der Waals surface area (Å²) in [7, 11) is 0. The molecular weight excluding hydrogens is 250 g/mol. The Morgan fingerprint density at radius 1 is 0.900 bits per heavy atom. The van der Waals surface area contributed by atoms with Gasteiger partial charge in [0.1, 0.15) is 11.5 Å². The number of hydrogen-bond acceptors (Lipinski definition) is 2. The number of benzene rings is 2. The first-order chi connectivity index (χ1) is 9.74. The van der Waals surface area contributed by atoms with E-state index >= 15 is 0 Å². The van der Waals surface area contributed by atoms with E-state index in [-0.39, 0.29) is 5.56 Å².